The quantitative estimate of drug-likeness (QED) is 0.721. The number of hydrogen-bond donors (Lipinski definition) is 0. The number of benzene rings is 1. The van der Waals surface area contributed by atoms with Crippen molar-refractivity contribution in [3.05, 3.63) is 42.3 Å². The smallest absolute Gasteiger partial charge is 0.338 e. The van der Waals surface area contributed by atoms with Crippen molar-refractivity contribution in [3.63, 3.8) is 0 Å². The molecule has 6 nitrogen and oxygen atoms in total. The van der Waals surface area contributed by atoms with E-state index in [1.165, 1.54) is 0 Å². The van der Waals surface area contributed by atoms with E-state index in [2.05, 4.69) is 19.6 Å². The summed E-state index contributed by atoms with van der Waals surface area (Å²) in [6.45, 7) is 1.40. The summed E-state index contributed by atoms with van der Waals surface area (Å²) in [4.78, 5) is 9.45. The van der Waals surface area contributed by atoms with E-state index in [0.717, 1.165) is 11.0 Å². The first-order valence-electron chi connectivity index (χ1n) is 6.91. The van der Waals surface area contributed by atoms with Gasteiger partial charge in [0.2, 0.25) is 5.89 Å². The summed E-state index contributed by atoms with van der Waals surface area (Å²) in [5.41, 5.74) is 1.92. The van der Waals surface area contributed by atoms with E-state index in [-0.39, 0.29) is 12.4 Å². The summed E-state index contributed by atoms with van der Waals surface area (Å²) >= 11 is 0. The van der Waals surface area contributed by atoms with Crippen LogP contribution in [-0.2, 0) is 19.3 Å². The number of aromatic nitrogens is 4. The Bertz CT molecular complexity index is 795. The molecule has 23 heavy (non-hydrogen) atoms. The lowest BCUT2D eigenvalue weighted by Gasteiger charge is -2.14. The number of nitrogens with zero attached hydrogens (tertiary/aromatic N) is 5. The third-order valence-corrected chi connectivity index (χ3v) is 3.38. The second-order valence-electron chi connectivity index (χ2n) is 5.17. The van der Waals surface area contributed by atoms with E-state index in [4.69, 9.17) is 0 Å². The molecular weight excluding hydrogens is 311 g/mol. The third kappa shape index (κ3) is 3.50. The average Bonchev–Trinajstić information content (AvgIpc) is 3.11. The molecule has 9 heteroatoms. The van der Waals surface area contributed by atoms with Crippen LogP contribution in [0.5, 0.6) is 0 Å². The fraction of sp³-hybridized carbons (Fsp3) is 0.357. The zero-order valence-electron chi connectivity index (χ0n) is 12.3. The first kappa shape index (κ1) is 15.5. The molecule has 0 bridgehead atoms. The molecule has 0 saturated carbocycles. The first-order valence-corrected chi connectivity index (χ1v) is 6.91. The van der Waals surface area contributed by atoms with Crippen LogP contribution in [-0.4, -0.2) is 38.2 Å². The summed E-state index contributed by atoms with van der Waals surface area (Å²) in [6.07, 6.45) is -2.84. The molecule has 3 rings (SSSR count). The first-order chi connectivity index (χ1) is 10.9. The summed E-state index contributed by atoms with van der Waals surface area (Å²) < 4.78 is 43.9. The van der Waals surface area contributed by atoms with Crippen molar-refractivity contribution in [1.82, 2.24) is 24.6 Å². The minimum atomic E-state index is -4.59. The molecule has 0 atom stereocenters. The number of alkyl halides is 3. The van der Waals surface area contributed by atoms with Gasteiger partial charge in [-0.1, -0.05) is 17.3 Å². The second kappa shape index (κ2) is 5.99. The molecular formula is C14H14F3N5O. The number of likely N-dealkylation sites (N-methyl/N-ethyl adjacent to an activating group) is 1. The van der Waals surface area contributed by atoms with Crippen LogP contribution < -0.4 is 0 Å². The second-order valence-corrected chi connectivity index (χ2v) is 5.17. The van der Waals surface area contributed by atoms with Gasteiger partial charge in [0, 0.05) is 13.1 Å². The minimum Gasteiger partial charge on any atom is -0.338 e. The highest BCUT2D eigenvalue weighted by Gasteiger charge is 2.37. The van der Waals surface area contributed by atoms with Crippen LogP contribution in [0.3, 0.4) is 0 Å². The lowest BCUT2D eigenvalue weighted by atomic mass is 10.3. The Morgan fingerprint density at radius 2 is 2.04 bits per heavy atom. The van der Waals surface area contributed by atoms with Crippen molar-refractivity contribution >= 4 is 11.0 Å². The Morgan fingerprint density at radius 1 is 1.26 bits per heavy atom. The van der Waals surface area contributed by atoms with Crippen molar-refractivity contribution in [1.29, 1.82) is 0 Å². The fourth-order valence-corrected chi connectivity index (χ4v) is 2.21. The molecule has 0 saturated heterocycles. The van der Waals surface area contributed by atoms with Crippen LogP contribution in [0.1, 0.15) is 11.7 Å². The molecule has 0 N–H and O–H groups in total. The SMILES string of the molecule is CN(CCn1cnc2ccccc21)Cc1nc(C(F)(F)F)no1. The fourth-order valence-electron chi connectivity index (χ4n) is 2.21. The number of imidazole rings is 1. The summed E-state index contributed by atoms with van der Waals surface area (Å²) in [7, 11) is 1.77. The molecule has 2 heterocycles. The van der Waals surface area contributed by atoms with Gasteiger partial charge < -0.3 is 9.09 Å². The van der Waals surface area contributed by atoms with Gasteiger partial charge in [0.05, 0.1) is 23.9 Å². The van der Waals surface area contributed by atoms with Gasteiger partial charge in [0.1, 0.15) is 0 Å². The minimum absolute atomic E-state index is 0.0599. The van der Waals surface area contributed by atoms with Crippen molar-refractivity contribution in [2.75, 3.05) is 13.6 Å². The maximum atomic E-state index is 12.4. The van der Waals surface area contributed by atoms with E-state index in [1.54, 1.807) is 13.4 Å². The molecule has 3 aromatic rings. The van der Waals surface area contributed by atoms with Crippen LogP contribution in [0.2, 0.25) is 0 Å². The van der Waals surface area contributed by atoms with Crippen molar-refractivity contribution in [2.45, 2.75) is 19.3 Å². The van der Waals surface area contributed by atoms with E-state index in [1.807, 2.05) is 33.7 Å². The molecule has 0 aliphatic carbocycles. The number of fused-ring (bicyclic) bond motifs is 1. The Kier molecular flexibility index (Phi) is 4.03. The standard InChI is InChI=1S/C14H14F3N5O/c1-21(8-12-19-13(20-23-12)14(15,16)17)6-7-22-9-18-10-4-2-3-5-11(10)22/h2-5,9H,6-8H2,1H3. The van der Waals surface area contributed by atoms with Gasteiger partial charge in [-0.05, 0) is 19.2 Å². The monoisotopic (exact) mass is 325 g/mol. The normalized spacial score (nSPS) is 12.4. The number of para-hydroxylation sites is 2. The molecule has 0 fully saturated rings. The molecule has 2 aromatic heterocycles. The van der Waals surface area contributed by atoms with Gasteiger partial charge >= 0.3 is 6.18 Å². The van der Waals surface area contributed by atoms with Crippen LogP contribution in [0.4, 0.5) is 13.2 Å². The van der Waals surface area contributed by atoms with E-state index in [0.29, 0.717) is 13.1 Å². The van der Waals surface area contributed by atoms with E-state index in [9.17, 15) is 13.2 Å². The van der Waals surface area contributed by atoms with Gasteiger partial charge in [0.15, 0.2) is 0 Å². The Labute approximate surface area is 129 Å². The molecule has 0 spiro atoms. The van der Waals surface area contributed by atoms with Gasteiger partial charge in [-0.15, -0.1) is 0 Å². The highest BCUT2D eigenvalue weighted by Crippen LogP contribution is 2.26. The van der Waals surface area contributed by atoms with Crippen molar-refractivity contribution in [3.8, 4) is 0 Å². The summed E-state index contributed by atoms with van der Waals surface area (Å²) in [5, 5.41) is 2.94. The maximum Gasteiger partial charge on any atom is 0.455 e. The molecule has 122 valence electrons. The van der Waals surface area contributed by atoms with Crippen LogP contribution in [0, 0.1) is 0 Å². The molecule has 0 unspecified atom stereocenters. The maximum absolute atomic E-state index is 12.4. The highest BCUT2D eigenvalue weighted by molar-refractivity contribution is 5.74. The van der Waals surface area contributed by atoms with E-state index >= 15 is 0 Å². The predicted octanol–water partition coefficient (Wildman–Crippen LogP) is 2.57. The zero-order valence-corrected chi connectivity index (χ0v) is 12.3. The molecule has 1 aromatic carbocycles. The lowest BCUT2D eigenvalue weighted by Crippen LogP contribution is -2.23. The van der Waals surface area contributed by atoms with Crippen LogP contribution in [0.25, 0.3) is 11.0 Å². The largest absolute Gasteiger partial charge is 0.455 e. The topological polar surface area (TPSA) is 60.0 Å². The van der Waals surface area contributed by atoms with Crippen LogP contribution in [0.15, 0.2) is 35.1 Å². The molecule has 0 amide bonds. The number of hydrogen-bond acceptors (Lipinski definition) is 5. The Hall–Kier alpha value is -2.42. The average molecular weight is 325 g/mol. The molecule has 0 aliphatic heterocycles. The Balaban J connectivity index is 1.59. The van der Waals surface area contributed by atoms with Gasteiger partial charge in [-0.2, -0.15) is 18.2 Å². The highest BCUT2D eigenvalue weighted by atomic mass is 19.4. The van der Waals surface area contributed by atoms with Gasteiger partial charge in [0.25, 0.3) is 5.82 Å². The molecule has 0 radical (unpaired) electrons. The van der Waals surface area contributed by atoms with Gasteiger partial charge in [-0.3, -0.25) is 4.90 Å². The van der Waals surface area contributed by atoms with E-state index < -0.39 is 12.0 Å². The number of rotatable bonds is 5. The lowest BCUT2D eigenvalue weighted by molar-refractivity contribution is -0.146. The van der Waals surface area contributed by atoms with Crippen molar-refractivity contribution < 1.29 is 17.7 Å². The van der Waals surface area contributed by atoms with Crippen molar-refractivity contribution in [2.24, 2.45) is 0 Å². The summed E-state index contributed by atoms with van der Waals surface area (Å²) in [6, 6.07) is 7.74. The van der Waals surface area contributed by atoms with Gasteiger partial charge in [-0.25, -0.2) is 4.98 Å². The summed E-state index contributed by atoms with van der Waals surface area (Å²) in [5.74, 6) is -1.31. The molecule has 0 aliphatic rings. The Morgan fingerprint density at radius 3 is 2.78 bits per heavy atom. The third-order valence-electron chi connectivity index (χ3n) is 3.38. The van der Waals surface area contributed by atoms with Crippen LogP contribution >= 0.6 is 0 Å². The number of halogens is 3. The predicted molar refractivity (Wildman–Crippen MR) is 75.4 cm³/mol. The zero-order chi connectivity index (χ0) is 16.4.